The number of carbonyl (C=O) groups is 1. The van der Waals surface area contributed by atoms with Gasteiger partial charge in [-0.05, 0) is 28.7 Å². The third-order valence-corrected chi connectivity index (χ3v) is 3.14. The Morgan fingerprint density at radius 1 is 1.42 bits per heavy atom. The number of primary amides is 1. The number of ether oxygens (including phenoxy) is 1. The summed E-state index contributed by atoms with van der Waals surface area (Å²) in [6.07, 6.45) is 1.43. The van der Waals surface area contributed by atoms with Crippen molar-refractivity contribution in [3.8, 4) is 5.75 Å². The molecule has 3 rings (SSSR count). The van der Waals surface area contributed by atoms with Gasteiger partial charge in [0.15, 0.2) is 0 Å². The number of nitrogens with one attached hydrogen (secondary N) is 1. The quantitative estimate of drug-likeness (QED) is 0.411. The highest BCUT2D eigenvalue weighted by Crippen LogP contribution is 2.18. The van der Waals surface area contributed by atoms with E-state index in [4.69, 9.17) is 10.5 Å². The molecule has 122 valence electrons. The molecule has 3 aromatic rings. The summed E-state index contributed by atoms with van der Waals surface area (Å²) >= 11 is 0. The second-order valence-electron chi connectivity index (χ2n) is 4.81. The van der Waals surface area contributed by atoms with E-state index in [2.05, 4.69) is 20.3 Å². The lowest BCUT2D eigenvalue weighted by molar-refractivity contribution is -0.782. The molecule has 0 atom stereocenters. The number of nitrogens with zero attached hydrogens (tertiary/aromatic N) is 3. The van der Waals surface area contributed by atoms with Gasteiger partial charge in [0.05, 0.1) is 6.21 Å². The maximum atomic E-state index is 11.4. The average Bonchev–Trinajstić information content (AvgIpc) is 2.94. The molecule has 0 spiro atoms. The molecule has 9 nitrogen and oxygen atoms in total. The van der Waals surface area contributed by atoms with Gasteiger partial charge in [0.2, 0.25) is 11.0 Å². The van der Waals surface area contributed by atoms with Crippen LogP contribution in [-0.2, 0) is 6.61 Å². The van der Waals surface area contributed by atoms with Crippen LogP contribution in [0.1, 0.15) is 11.1 Å². The minimum Gasteiger partial charge on any atom is -0.488 e. The largest absolute Gasteiger partial charge is 0.488 e. The van der Waals surface area contributed by atoms with Crippen LogP contribution in [0.4, 0.5) is 4.79 Å². The molecule has 0 saturated heterocycles. The van der Waals surface area contributed by atoms with Gasteiger partial charge >= 0.3 is 6.03 Å². The lowest BCUT2D eigenvalue weighted by atomic mass is 10.2. The molecule has 0 aliphatic carbocycles. The standard InChI is InChI=1S/C15H13N5O4/c16-15(21)18-17-8-11-3-1-2-4-14(11)23-9-10-5-6-12-13(7-10)20(22)24-19-12/h1-8H,9H2,(H3,16,18,21)/b17-8-. The molecule has 0 bridgehead atoms. The topological polar surface area (TPSA) is 130 Å². The predicted octanol–water partition coefficient (Wildman–Crippen LogP) is 1.04. The lowest BCUT2D eigenvalue weighted by Gasteiger charge is -2.08. The smallest absolute Gasteiger partial charge is 0.332 e. The average molecular weight is 327 g/mol. The van der Waals surface area contributed by atoms with Crippen molar-refractivity contribution in [1.82, 2.24) is 10.6 Å². The number of rotatable bonds is 5. The molecule has 0 aliphatic rings. The third-order valence-electron chi connectivity index (χ3n) is 3.14. The first-order valence-corrected chi connectivity index (χ1v) is 6.92. The molecule has 0 fully saturated rings. The summed E-state index contributed by atoms with van der Waals surface area (Å²) in [4.78, 5) is 11.0. The normalized spacial score (nSPS) is 11.0. The fourth-order valence-corrected chi connectivity index (χ4v) is 2.05. The molecule has 24 heavy (non-hydrogen) atoms. The summed E-state index contributed by atoms with van der Waals surface area (Å²) in [6.45, 7) is 0.231. The van der Waals surface area contributed by atoms with E-state index in [0.717, 1.165) is 5.56 Å². The number of amides is 2. The Bertz CT molecular complexity index is 906. The minimum atomic E-state index is -0.752. The number of nitrogens with two attached hydrogens (primary N) is 1. The van der Waals surface area contributed by atoms with E-state index in [1.165, 1.54) is 6.21 Å². The van der Waals surface area contributed by atoms with Gasteiger partial charge in [0.25, 0.3) is 0 Å². The zero-order valence-electron chi connectivity index (χ0n) is 12.4. The van der Waals surface area contributed by atoms with Crippen LogP contribution in [0.3, 0.4) is 0 Å². The first-order valence-electron chi connectivity index (χ1n) is 6.92. The first-order chi connectivity index (χ1) is 11.6. The summed E-state index contributed by atoms with van der Waals surface area (Å²) in [6, 6.07) is 11.5. The molecule has 0 aliphatic heterocycles. The number of aromatic nitrogens is 2. The van der Waals surface area contributed by atoms with Gasteiger partial charge in [0, 0.05) is 16.8 Å². The number of carbonyl (C=O) groups excluding carboxylic acids is 1. The Labute approximate surface area is 135 Å². The highest BCUT2D eigenvalue weighted by molar-refractivity contribution is 5.84. The zero-order chi connectivity index (χ0) is 16.9. The van der Waals surface area contributed by atoms with Crippen molar-refractivity contribution in [3.63, 3.8) is 0 Å². The number of hydrogen-bond acceptors (Lipinski definition) is 6. The van der Waals surface area contributed by atoms with Crippen LogP contribution < -0.4 is 20.8 Å². The summed E-state index contributed by atoms with van der Waals surface area (Å²) in [5.74, 6) is 0.563. The highest BCUT2D eigenvalue weighted by atomic mass is 16.8. The van der Waals surface area contributed by atoms with Gasteiger partial charge in [-0.1, -0.05) is 18.2 Å². The van der Waals surface area contributed by atoms with E-state index in [1.807, 2.05) is 12.1 Å². The van der Waals surface area contributed by atoms with Crippen molar-refractivity contribution in [1.29, 1.82) is 0 Å². The molecule has 9 heteroatoms. The van der Waals surface area contributed by atoms with Gasteiger partial charge in [-0.25, -0.2) is 10.2 Å². The highest BCUT2D eigenvalue weighted by Gasteiger charge is 2.10. The molecule has 0 radical (unpaired) electrons. The van der Waals surface area contributed by atoms with Crippen LogP contribution in [0.15, 0.2) is 52.2 Å². The van der Waals surface area contributed by atoms with E-state index in [1.54, 1.807) is 30.3 Å². The Morgan fingerprint density at radius 2 is 2.25 bits per heavy atom. The van der Waals surface area contributed by atoms with Crippen molar-refractivity contribution in [2.45, 2.75) is 6.61 Å². The van der Waals surface area contributed by atoms with Crippen LogP contribution >= 0.6 is 0 Å². The van der Waals surface area contributed by atoms with Gasteiger partial charge in [-0.15, -0.1) is 0 Å². The Kier molecular flexibility index (Phi) is 4.23. The zero-order valence-corrected chi connectivity index (χ0v) is 12.4. The van der Waals surface area contributed by atoms with Gasteiger partial charge in [0.1, 0.15) is 12.4 Å². The number of benzene rings is 2. The SMILES string of the molecule is NC(=O)N/N=C\c1ccccc1OCc1ccc2no[n+]([O-])c2c1. The Balaban J connectivity index is 1.74. The van der Waals surface area contributed by atoms with Gasteiger partial charge in [-0.3, -0.25) is 4.63 Å². The van der Waals surface area contributed by atoms with Crippen LogP contribution in [0.25, 0.3) is 11.0 Å². The molecule has 2 aromatic carbocycles. The predicted molar refractivity (Wildman–Crippen MR) is 84.1 cm³/mol. The van der Waals surface area contributed by atoms with Crippen LogP contribution in [0.5, 0.6) is 5.75 Å². The van der Waals surface area contributed by atoms with E-state index < -0.39 is 6.03 Å². The molecule has 2 amide bonds. The fourth-order valence-electron chi connectivity index (χ4n) is 2.05. The summed E-state index contributed by atoms with van der Waals surface area (Å²) in [7, 11) is 0. The number of hydrogen-bond donors (Lipinski definition) is 2. The number of hydrazone groups is 1. The molecular formula is C15H13N5O4. The monoisotopic (exact) mass is 327 g/mol. The van der Waals surface area contributed by atoms with Gasteiger partial charge in [-0.2, -0.15) is 5.10 Å². The molecular weight excluding hydrogens is 314 g/mol. The Hall–Kier alpha value is -3.62. The Morgan fingerprint density at radius 3 is 3.08 bits per heavy atom. The van der Waals surface area contributed by atoms with E-state index in [0.29, 0.717) is 27.2 Å². The van der Waals surface area contributed by atoms with Crippen molar-refractivity contribution < 1.29 is 19.1 Å². The number of fused-ring (bicyclic) bond motifs is 1. The van der Waals surface area contributed by atoms with Crippen molar-refractivity contribution >= 4 is 23.3 Å². The van der Waals surface area contributed by atoms with Gasteiger partial charge < -0.3 is 15.7 Å². The summed E-state index contributed by atoms with van der Waals surface area (Å²) < 4.78 is 10.3. The second kappa shape index (κ2) is 6.65. The van der Waals surface area contributed by atoms with Crippen LogP contribution in [0.2, 0.25) is 0 Å². The fraction of sp³-hybridized carbons (Fsp3) is 0.0667. The molecule has 0 saturated carbocycles. The molecule has 1 heterocycles. The minimum absolute atomic E-state index is 0.231. The first kappa shape index (κ1) is 15.3. The van der Waals surface area contributed by atoms with E-state index in [9.17, 15) is 10.0 Å². The lowest BCUT2D eigenvalue weighted by Crippen LogP contribution is -2.24. The molecule has 0 unspecified atom stereocenters. The molecule has 1 aromatic heterocycles. The van der Waals surface area contributed by atoms with Crippen LogP contribution in [-0.4, -0.2) is 17.4 Å². The summed E-state index contributed by atoms with van der Waals surface area (Å²) in [5, 5.41) is 18.7. The maximum absolute atomic E-state index is 11.4. The molecule has 3 N–H and O–H groups in total. The van der Waals surface area contributed by atoms with Crippen molar-refractivity contribution in [2.75, 3.05) is 0 Å². The summed E-state index contributed by atoms with van der Waals surface area (Å²) in [5.41, 5.74) is 9.30. The van der Waals surface area contributed by atoms with E-state index >= 15 is 0 Å². The maximum Gasteiger partial charge on any atom is 0.332 e. The van der Waals surface area contributed by atoms with Crippen molar-refractivity contribution in [3.05, 3.63) is 58.8 Å². The van der Waals surface area contributed by atoms with Crippen molar-refractivity contribution in [2.24, 2.45) is 10.8 Å². The van der Waals surface area contributed by atoms with Crippen LogP contribution in [0, 0.1) is 5.21 Å². The third kappa shape index (κ3) is 3.40. The number of urea groups is 1. The van der Waals surface area contributed by atoms with E-state index in [-0.39, 0.29) is 6.61 Å². The number of para-hydroxylation sites is 1. The second-order valence-corrected chi connectivity index (χ2v) is 4.81.